The fourth-order valence-electron chi connectivity index (χ4n) is 4.22. The molecule has 0 amide bonds. The average molecular weight is 411 g/mol. The maximum absolute atomic E-state index is 11.9. The van der Waals surface area contributed by atoms with Gasteiger partial charge in [0, 0.05) is 13.5 Å². The molecule has 4 rings (SSSR count). The average Bonchev–Trinajstić information content (AvgIpc) is 3.56. The number of aldehydes is 1. The molecule has 3 atom stereocenters. The van der Waals surface area contributed by atoms with Crippen LogP contribution in [0.2, 0.25) is 0 Å². The van der Waals surface area contributed by atoms with E-state index in [4.69, 9.17) is 18.9 Å². The molecule has 2 aromatic carbocycles. The van der Waals surface area contributed by atoms with E-state index >= 15 is 0 Å². The molecule has 0 N–H and O–H groups in total. The summed E-state index contributed by atoms with van der Waals surface area (Å²) in [7, 11) is 4.90. The van der Waals surface area contributed by atoms with E-state index in [1.807, 2.05) is 23.1 Å². The molecule has 0 spiro atoms. The first-order chi connectivity index (χ1) is 14.7. The third-order valence-corrected chi connectivity index (χ3v) is 5.99. The lowest BCUT2D eigenvalue weighted by molar-refractivity contribution is -0.123. The van der Waals surface area contributed by atoms with Crippen molar-refractivity contribution in [2.24, 2.45) is 0 Å². The molecule has 2 aromatic rings. The summed E-state index contributed by atoms with van der Waals surface area (Å²) in [5, 5.41) is 0. The van der Waals surface area contributed by atoms with Gasteiger partial charge in [0.15, 0.2) is 0 Å². The molecule has 0 aromatic heterocycles. The third kappa shape index (κ3) is 4.08. The minimum Gasteiger partial charge on any atom is -0.496 e. The zero-order chi connectivity index (χ0) is 21.1. The lowest BCUT2D eigenvalue weighted by Gasteiger charge is -2.34. The second kappa shape index (κ2) is 9.16. The van der Waals surface area contributed by atoms with Crippen LogP contribution in [0, 0.1) is 0 Å². The molecule has 0 bridgehead atoms. The van der Waals surface area contributed by atoms with Crippen molar-refractivity contribution in [2.75, 3.05) is 27.9 Å². The van der Waals surface area contributed by atoms with E-state index in [0.29, 0.717) is 17.9 Å². The zero-order valence-corrected chi connectivity index (χ0v) is 17.7. The summed E-state index contributed by atoms with van der Waals surface area (Å²) in [4.78, 5) is 13.8. The van der Waals surface area contributed by atoms with E-state index in [2.05, 4.69) is 24.3 Å². The maximum Gasteiger partial charge on any atom is 0.146 e. The van der Waals surface area contributed by atoms with Crippen molar-refractivity contribution in [2.45, 2.75) is 43.7 Å². The second-order valence-electron chi connectivity index (χ2n) is 7.82. The van der Waals surface area contributed by atoms with Gasteiger partial charge >= 0.3 is 0 Å². The Morgan fingerprint density at radius 3 is 2.27 bits per heavy atom. The van der Waals surface area contributed by atoms with Crippen LogP contribution in [-0.2, 0) is 20.7 Å². The Labute approximate surface area is 177 Å². The van der Waals surface area contributed by atoms with Gasteiger partial charge < -0.3 is 23.7 Å². The highest BCUT2D eigenvalue weighted by Crippen LogP contribution is 2.43. The monoisotopic (exact) mass is 411 g/mol. The number of methoxy groups -OCH3 is 3. The molecule has 1 aliphatic carbocycles. The highest BCUT2D eigenvalue weighted by Gasteiger charge is 2.42. The van der Waals surface area contributed by atoms with Crippen LogP contribution in [0.15, 0.2) is 42.5 Å². The van der Waals surface area contributed by atoms with E-state index in [1.54, 1.807) is 21.3 Å². The minimum absolute atomic E-state index is 0.288. The van der Waals surface area contributed by atoms with Crippen LogP contribution in [0.25, 0.3) is 0 Å². The van der Waals surface area contributed by atoms with Crippen LogP contribution >= 0.6 is 0 Å². The Hall–Kier alpha value is -2.41. The fraction of sp³-hybridized carbons (Fsp3) is 0.458. The SMILES string of the molecule is COc1cccc(OC)c1C1OCC(C=O)N1C(Cc1ccc(C2CC2)cc1)OC. The molecule has 1 saturated heterocycles. The lowest BCUT2D eigenvalue weighted by Crippen LogP contribution is -2.44. The van der Waals surface area contributed by atoms with Gasteiger partial charge in [-0.1, -0.05) is 30.3 Å². The van der Waals surface area contributed by atoms with E-state index in [-0.39, 0.29) is 12.8 Å². The van der Waals surface area contributed by atoms with E-state index in [9.17, 15) is 4.79 Å². The Morgan fingerprint density at radius 2 is 1.73 bits per heavy atom. The number of nitrogens with zero attached hydrogens (tertiary/aromatic N) is 1. The molecule has 6 nitrogen and oxygen atoms in total. The molecule has 1 aliphatic heterocycles. The normalized spacial score (nSPS) is 22.6. The summed E-state index contributed by atoms with van der Waals surface area (Å²) < 4.78 is 23.1. The highest BCUT2D eigenvalue weighted by atomic mass is 16.5. The summed E-state index contributed by atoms with van der Waals surface area (Å²) >= 11 is 0. The number of rotatable bonds is 9. The Morgan fingerprint density at radius 1 is 1.07 bits per heavy atom. The number of carbonyl (C=O) groups is 1. The number of hydrogen-bond acceptors (Lipinski definition) is 6. The van der Waals surface area contributed by atoms with Crippen molar-refractivity contribution < 1.29 is 23.7 Å². The Bertz CT molecular complexity index is 842. The highest BCUT2D eigenvalue weighted by molar-refractivity contribution is 5.59. The quantitative estimate of drug-likeness (QED) is 0.587. The van der Waals surface area contributed by atoms with Crippen LogP contribution in [0.1, 0.15) is 41.7 Å². The number of carbonyl (C=O) groups excluding carboxylic acids is 1. The van der Waals surface area contributed by atoms with Crippen molar-refractivity contribution in [3.05, 3.63) is 59.2 Å². The molecular weight excluding hydrogens is 382 g/mol. The molecule has 2 aliphatic rings. The molecule has 160 valence electrons. The van der Waals surface area contributed by atoms with E-state index < -0.39 is 12.3 Å². The van der Waals surface area contributed by atoms with Gasteiger partial charge in [0.05, 0.1) is 32.4 Å². The summed E-state index contributed by atoms with van der Waals surface area (Å²) in [5.41, 5.74) is 3.33. The Balaban J connectivity index is 1.63. The largest absolute Gasteiger partial charge is 0.496 e. The molecule has 2 fully saturated rings. The fourth-order valence-corrected chi connectivity index (χ4v) is 4.22. The molecule has 3 unspecified atom stereocenters. The van der Waals surface area contributed by atoms with Gasteiger partial charge in [-0.05, 0) is 42.0 Å². The molecular formula is C24H29NO5. The predicted molar refractivity (Wildman–Crippen MR) is 113 cm³/mol. The summed E-state index contributed by atoms with van der Waals surface area (Å²) in [6.07, 6.45) is 3.28. The first-order valence-corrected chi connectivity index (χ1v) is 10.4. The first kappa shape index (κ1) is 20.8. The van der Waals surface area contributed by atoms with Gasteiger partial charge in [0.25, 0.3) is 0 Å². The smallest absolute Gasteiger partial charge is 0.146 e. The van der Waals surface area contributed by atoms with E-state index in [1.165, 1.54) is 18.4 Å². The van der Waals surface area contributed by atoms with Crippen LogP contribution in [0.3, 0.4) is 0 Å². The summed E-state index contributed by atoms with van der Waals surface area (Å²) in [6.45, 7) is 0.288. The summed E-state index contributed by atoms with van der Waals surface area (Å²) in [5.74, 6) is 2.03. The molecule has 6 heteroatoms. The van der Waals surface area contributed by atoms with Crippen molar-refractivity contribution in [1.82, 2.24) is 4.90 Å². The van der Waals surface area contributed by atoms with Gasteiger partial charge in [-0.3, -0.25) is 0 Å². The minimum atomic E-state index is -0.512. The van der Waals surface area contributed by atoms with Gasteiger partial charge in [0.1, 0.15) is 30.2 Å². The zero-order valence-electron chi connectivity index (χ0n) is 17.7. The van der Waals surface area contributed by atoms with Crippen LogP contribution in [-0.4, -0.2) is 51.4 Å². The van der Waals surface area contributed by atoms with Crippen molar-refractivity contribution in [1.29, 1.82) is 0 Å². The number of benzene rings is 2. The van der Waals surface area contributed by atoms with Gasteiger partial charge in [-0.15, -0.1) is 0 Å². The van der Waals surface area contributed by atoms with Crippen molar-refractivity contribution >= 4 is 6.29 Å². The number of ether oxygens (including phenoxy) is 4. The predicted octanol–water partition coefficient (Wildman–Crippen LogP) is 3.69. The second-order valence-corrected chi connectivity index (χ2v) is 7.82. The third-order valence-electron chi connectivity index (χ3n) is 5.99. The number of hydrogen-bond donors (Lipinski definition) is 0. The van der Waals surface area contributed by atoms with Gasteiger partial charge in [-0.2, -0.15) is 0 Å². The van der Waals surface area contributed by atoms with E-state index in [0.717, 1.165) is 23.3 Å². The van der Waals surface area contributed by atoms with Crippen molar-refractivity contribution in [3.63, 3.8) is 0 Å². The molecule has 1 heterocycles. The molecule has 30 heavy (non-hydrogen) atoms. The standard InChI is InChI=1S/C24H29NO5/c1-27-20-5-4-6-21(28-2)23(20)24-25(19(14-26)15-30-24)22(29-3)13-16-7-9-17(10-8-16)18-11-12-18/h4-10,14,18-19,22,24H,11-13,15H2,1-3H3. The lowest BCUT2D eigenvalue weighted by atomic mass is 10.0. The van der Waals surface area contributed by atoms with Crippen molar-refractivity contribution in [3.8, 4) is 11.5 Å². The topological polar surface area (TPSA) is 57.2 Å². The van der Waals surface area contributed by atoms with Crippen LogP contribution in [0.4, 0.5) is 0 Å². The summed E-state index contributed by atoms with van der Waals surface area (Å²) in [6, 6.07) is 13.9. The van der Waals surface area contributed by atoms with Gasteiger partial charge in [-0.25, -0.2) is 4.90 Å². The van der Waals surface area contributed by atoms with Crippen LogP contribution in [0.5, 0.6) is 11.5 Å². The first-order valence-electron chi connectivity index (χ1n) is 10.4. The molecule has 0 radical (unpaired) electrons. The molecule has 1 saturated carbocycles. The van der Waals surface area contributed by atoms with Crippen LogP contribution < -0.4 is 9.47 Å². The Kier molecular flexibility index (Phi) is 6.37. The maximum atomic E-state index is 11.9. The van der Waals surface area contributed by atoms with Gasteiger partial charge in [0.2, 0.25) is 0 Å².